The summed E-state index contributed by atoms with van der Waals surface area (Å²) < 4.78 is 5.62. The Morgan fingerprint density at radius 3 is 2.43 bits per heavy atom. The summed E-state index contributed by atoms with van der Waals surface area (Å²) >= 11 is 0. The van der Waals surface area contributed by atoms with E-state index < -0.39 is 5.91 Å². The molecule has 0 saturated heterocycles. The van der Waals surface area contributed by atoms with Crippen molar-refractivity contribution in [3.05, 3.63) is 53.7 Å². The van der Waals surface area contributed by atoms with E-state index in [0.717, 1.165) is 13.0 Å². The van der Waals surface area contributed by atoms with Gasteiger partial charge in [-0.05, 0) is 44.3 Å². The quantitative estimate of drug-likeness (QED) is 0.882. The maximum atomic E-state index is 11.0. The molecule has 1 amide bonds. The Hall–Kier alpha value is -2.40. The smallest absolute Gasteiger partial charge is 0.250 e. The molecule has 0 aliphatic carbocycles. The Bertz CT molecular complexity index is 592. The lowest BCUT2D eigenvalue weighted by Crippen LogP contribution is -2.14. The predicted octanol–water partition coefficient (Wildman–Crippen LogP) is 2.08. The van der Waals surface area contributed by atoms with Gasteiger partial charge < -0.3 is 15.4 Å². The normalized spacial score (nSPS) is 10.6. The van der Waals surface area contributed by atoms with Crippen molar-refractivity contribution in [3.63, 3.8) is 0 Å². The molecule has 0 bridgehead atoms. The van der Waals surface area contributed by atoms with Crippen LogP contribution in [-0.2, 0) is 6.42 Å². The summed E-state index contributed by atoms with van der Waals surface area (Å²) in [6, 6.07) is 11.1. The summed E-state index contributed by atoms with van der Waals surface area (Å²) in [6.45, 7) is 1.01. The van der Waals surface area contributed by atoms with E-state index in [1.807, 2.05) is 24.3 Å². The lowest BCUT2D eigenvalue weighted by molar-refractivity contribution is 0.1000. The summed E-state index contributed by atoms with van der Waals surface area (Å²) in [4.78, 5) is 17.2. The molecule has 5 heteroatoms. The standard InChI is InChI=1S/C16H19N3O2/c1-19(2)10-9-12-3-6-14(7-4-12)21-15-8-5-13(11-18-15)16(17)20/h3-8,11H,9-10H2,1-2H3,(H2,17,20). The summed E-state index contributed by atoms with van der Waals surface area (Å²) in [5.41, 5.74) is 6.78. The average Bonchev–Trinajstić information content (AvgIpc) is 2.47. The van der Waals surface area contributed by atoms with Gasteiger partial charge >= 0.3 is 0 Å². The molecule has 0 unspecified atom stereocenters. The van der Waals surface area contributed by atoms with Crippen molar-refractivity contribution in [1.29, 1.82) is 0 Å². The van der Waals surface area contributed by atoms with Gasteiger partial charge in [-0.3, -0.25) is 4.79 Å². The number of likely N-dealkylation sites (N-methyl/N-ethyl adjacent to an activating group) is 1. The van der Waals surface area contributed by atoms with E-state index in [4.69, 9.17) is 10.5 Å². The van der Waals surface area contributed by atoms with Gasteiger partial charge in [-0.15, -0.1) is 0 Å². The molecule has 0 radical (unpaired) electrons. The van der Waals surface area contributed by atoms with Crippen molar-refractivity contribution in [2.75, 3.05) is 20.6 Å². The zero-order valence-electron chi connectivity index (χ0n) is 12.2. The molecule has 110 valence electrons. The number of amides is 1. The van der Waals surface area contributed by atoms with Crippen LogP contribution >= 0.6 is 0 Å². The molecule has 0 aliphatic rings. The highest BCUT2D eigenvalue weighted by atomic mass is 16.5. The number of aromatic nitrogens is 1. The van der Waals surface area contributed by atoms with Crippen LogP contribution in [-0.4, -0.2) is 36.4 Å². The highest BCUT2D eigenvalue weighted by Crippen LogP contribution is 2.20. The molecule has 2 aromatic rings. The number of carbonyl (C=O) groups is 1. The highest BCUT2D eigenvalue weighted by Gasteiger charge is 2.03. The second kappa shape index (κ2) is 6.85. The fourth-order valence-corrected chi connectivity index (χ4v) is 1.78. The van der Waals surface area contributed by atoms with Crippen LogP contribution < -0.4 is 10.5 Å². The minimum absolute atomic E-state index is 0.362. The molecule has 1 aromatic carbocycles. The molecular formula is C16H19N3O2. The number of rotatable bonds is 6. The summed E-state index contributed by atoms with van der Waals surface area (Å²) in [6.07, 6.45) is 2.40. The topological polar surface area (TPSA) is 68.5 Å². The fourth-order valence-electron chi connectivity index (χ4n) is 1.78. The number of hydrogen-bond acceptors (Lipinski definition) is 4. The van der Waals surface area contributed by atoms with Crippen LogP contribution in [0.5, 0.6) is 11.6 Å². The van der Waals surface area contributed by atoms with Crippen LogP contribution in [0.2, 0.25) is 0 Å². The number of ether oxygens (including phenoxy) is 1. The molecule has 0 saturated carbocycles. The Morgan fingerprint density at radius 1 is 1.19 bits per heavy atom. The molecule has 1 aromatic heterocycles. The first-order valence-electron chi connectivity index (χ1n) is 6.72. The van der Waals surface area contributed by atoms with Crippen molar-refractivity contribution >= 4 is 5.91 Å². The minimum Gasteiger partial charge on any atom is -0.439 e. The Kier molecular flexibility index (Phi) is 4.90. The third-order valence-corrected chi connectivity index (χ3v) is 3.01. The second-order valence-corrected chi connectivity index (χ2v) is 5.05. The van der Waals surface area contributed by atoms with E-state index in [1.54, 1.807) is 12.1 Å². The molecule has 0 atom stereocenters. The van der Waals surface area contributed by atoms with Crippen molar-refractivity contribution in [2.24, 2.45) is 5.73 Å². The molecular weight excluding hydrogens is 266 g/mol. The number of pyridine rings is 1. The first-order chi connectivity index (χ1) is 10.0. The maximum Gasteiger partial charge on any atom is 0.250 e. The number of benzene rings is 1. The van der Waals surface area contributed by atoms with Gasteiger partial charge in [0.2, 0.25) is 11.8 Å². The number of primary amides is 1. The number of nitrogens with zero attached hydrogens (tertiary/aromatic N) is 2. The summed E-state index contributed by atoms with van der Waals surface area (Å²) in [7, 11) is 4.11. The van der Waals surface area contributed by atoms with Gasteiger partial charge in [0.15, 0.2) is 0 Å². The van der Waals surface area contributed by atoms with Crippen LogP contribution in [0.25, 0.3) is 0 Å². The van der Waals surface area contributed by atoms with Crippen molar-refractivity contribution in [1.82, 2.24) is 9.88 Å². The monoisotopic (exact) mass is 285 g/mol. The van der Waals surface area contributed by atoms with Crippen LogP contribution in [0.3, 0.4) is 0 Å². The number of carbonyl (C=O) groups excluding carboxylic acids is 1. The van der Waals surface area contributed by atoms with Crippen LogP contribution in [0, 0.1) is 0 Å². The summed E-state index contributed by atoms with van der Waals surface area (Å²) in [5.74, 6) is 0.642. The Morgan fingerprint density at radius 2 is 1.90 bits per heavy atom. The average molecular weight is 285 g/mol. The minimum atomic E-state index is -0.501. The van der Waals surface area contributed by atoms with E-state index in [-0.39, 0.29) is 0 Å². The van der Waals surface area contributed by atoms with E-state index in [2.05, 4.69) is 24.0 Å². The number of nitrogens with two attached hydrogens (primary N) is 1. The first-order valence-corrected chi connectivity index (χ1v) is 6.72. The van der Waals surface area contributed by atoms with Crippen molar-refractivity contribution in [3.8, 4) is 11.6 Å². The largest absolute Gasteiger partial charge is 0.439 e. The Balaban J connectivity index is 1.98. The molecule has 21 heavy (non-hydrogen) atoms. The van der Waals surface area contributed by atoms with Crippen molar-refractivity contribution < 1.29 is 9.53 Å². The molecule has 2 rings (SSSR count). The summed E-state index contributed by atoms with van der Waals surface area (Å²) in [5, 5.41) is 0. The zero-order valence-corrected chi connectivity index (χ0v) is 12.2. The van der Waals surface area contributed by atoms with E-state index in [0.29, 0.717) is 17.2 Å². The van der Waals surface area contributed by atoms with Gasteiger partial charge in [0.1, 0.15) is 5.75 Å². The molecule has 1 heterocycles. The SMILES string of the molecule is CN(C)CCc1ccc(Oc2ccc(C(N)=O)cn2)cc1. The third kappa shape index (κ3) is 4.57. The van der Waals surface area contributed by atoms with E-state index in [1.165, 1.54) is 11.8 Å². The lowest BCUT2D eigenvalue weighted by atomic mass is 10.1. The Labute approximate surface area is 124 Å². The zero-order chi connectivity index (χ0) is 15.2. The van der Waals surface area contributed by atoms with E-state index >= 15 is 0 Å². The lowest BCUT2D eigenvalue weighted by Gasteiger charge is -2.10. The second-order valence-electron chi connectivity index (χ2n) is 5.05. The molecule has 5 nitrogen and oxygen atoms in total. The molecule has 0 aliphatic heterocycles. The van der Waals surface area contributed by atoms with Gasteiger partial charge in [0, 0.05) is 18.8 Å². The van der Waals surface area contributed by atoms with Gasteiger partial charge in [-0.2, -0.15) is 0 Å². The van der Waals surface area contributed by atoms with E-state index in [9.17, 15) is 4.79 Å². The molecule has 0 fully saturated rings. The number of hydrogen-bond donors (Lipinski definition) is 1. The van der Waals surface area contributed by atoms with Crippen LogP contribution in [0.4, 0.5) is 0 Å². The predicted molar refractivity (Wildman–Crippen MR) is 81.5 cm³/mol. The third-order valence-electron chi connectivity index (χ3n) is 3.01. The molecule has 2 N–H and O–H groups in total. The van der Waals surface area contributed by atoms with Crippen LogP contribution in [0.15, 0.2) is 42.6 Å². The highest BCUT2D eigenvalue weighted by molar-refractivity contribution is 5.92. The van der Waals surface area contributed by atoms with Crippen LogP contribution in [0.1, 0.15) is 15.9 Å². The van der Waals surface area contributed by atoms with Gasteiger partial charge in [-0.25, -0.2) is 4.98 Å². The fraction of sp³-hybridized carbons (Fsp3) is 0.250. The van der Waals surface area contributed by atoms with Gasteiger partial charge in [-0.1, -0.05) is 12.1 Å². The van der Waals surface area contributed by atoms with Gasteiger partial charge in [0.05, 0.1) is 5.56 Å². The molecule has 0 spiro atoms. The van der Waals surface area contributed by atoms with Gasteiger partial charge in [0.25, 0.3) is 0 Å². The van der Waals surface area contributed by atoms with Crippen molar-refractivity contribution in [2.45, 2.75) is 6.42 Å². The first kappa shape index (κ1) is 15.0. The maximum absolute atomic E-state index is 11.0.